The third-order valence-corrected chi connectivity index (χ3v) is 2.82. The third-order valence-electron chi connectivity index (χ3n) is 2.82. The summed E-state index contributed by atoms with van der Waals surface area (Å²) in [6, 6.07) is 15.7. The lowest BCUT2D eigenvalue weighted by Gasteiger charge is -2.12. The predicted octanol–water partition coefficient (Wildman–Crippen LogP) is 2.07. The number of nitriles is 1. The van der Waals surface area contributed by atoms with Crippen LogP contribution in [0.4, 0.5) is 5.69 Å². The molecule has 0 amide bonds. The fraction of sp³-hybridized carbons (Fsp3) is 0.0625. The Morgan fingerprint density at radius 2 is 1.71 bits per heavy atom. The van der Waals surface area contributed by atoms with Crippen LogP contribution in [0.5, 0.6) is 0 Å². The molecule has 104 valence electrons. The first-order valence-electron chi connectivity index (χ1n) is 6.18. The zero-order chi connectivity index (χ0) is 15.2. The van der Waals surface area contributed by atoms with Gasteiger partial charge < -0.3 is 10.5 Å². The van der Waals surface area contributed by atoms with E-state index in [0.717, 1.165) is 5.56 Å². The lowest BCUT2D eigenvalue weighted by atomic mass is 10.0. The number of ether oxygens (including phenoxy) is 1. The van der Waals surface area contributed by atoms with Gasteiger partial charge in [0.2, 0.25) is 0 Å². The number of fused-ring (bicyclic) bond motifs is 1. The van der Waals surface area contributed by atoms with Crippen LogP contribution in [0.1, 0.15) is 21.5 Å². The molecule has 2 aromatic rings. The van der Waals surface area contributed by atoms with Crippen molar-refractivity contribution in [3.8, 4) is 6.07 Å². The van der Waals surface area contributed by atoms with Crippen LogP contribution >= 0.6 is 0 Å². The number of esters is 2. The van der Waals surface area contributed by atoms with Crippen LogP contribution in [0.2, 0.25) is 0 Å². The number of nitrogens with two attached hydrogens (primary N) is 1. The van der Waals surface area contributed by atoms with E-state index >= 15 is 0 Å². The van der Waals surface area contributed by atoms with Gasteiger partial charge in [-0.1, -0.05) is 18.2 Å². The van der Waals surface area contributed by atoms with Gasteiger partial charge >= 0.3 is 11.9 Å². The van der Waals surface area contributed by atoms with Crippen LogP contribution in [0, 0.1) is 11.3 Å². The van der Waals surface area contributed by atoms with Gasteiger partial charge in [-0.15, -0.1) is 0 Å². The van der Waals surface area contributed by atoms with E-state index in [1.807, 2.05) is 6.07 Å². The normalized spacial score (nSPS) is 12.3. The number of anilines is 1. The highest BCUT2D eigenvalue weighted by Gasteiger charge is 2.23. The summed E-state index contributed by atoms with van der Waals surface area (Å²) in [7, 11) is 0. The summed E-state index contributed by atoms with van der Waals surface area (Å²) in [5.74, 6) is -1.01. The minimum atomic E-state index is -0.540. The first kappa shape index (κ1) is 14.3. The lowest BCUT2D eigenvalue weighted by molar-refractivity contribution is -0.137. The molecule has 0 saturated heterocycles. The minimum Gasteiger partial charge on any atom is -0.399 e. The second kappa shape index (κ2) is 6.35. The summed E-state index contributed by atoms with van der Waals surface area (Å²) in [6.07, 6.45) is 0.196. The van der Waals surface area contributed by atoms with Crippen molar-refractivity contribution in [3.63, 3.8) is 0 Å². The Bertz CT molecular complexity index is 715. The van der Waals surface area contributed by atoms with Crippen molar-refractivity contribution in [1.29, 1.82) is 5.26 Å². The first-order chi connectivity index (χ1) is 10.1. The summed E-state index contributed by atoms with van der Waals surface area (Å²) in [5.41, 5.74) is 7.95. The lowest BCUT2D eigenvalue weighted by Crippen LogP contribution is -2.22. The molecule has 0 saturated carbocycles. The number of hydrogen-bond donors (Lipinski definition) is 1. The van der Waals surface area contributed by atoms with Crippen molar-refractivity contribution >= 4 is 17.6 Å². The van der Waals surface area contributed by atoms with Gasteiger partial charge in [0.15, 0.2) is 0 Å². The van der Waals surface area contributed by atoms with E-state index in [0.29, 0.717) is 16.8 Å². The fourth-order valence-electron chi connectivity index (χ4n) is 1.78. The van der Waals surface area contributed by atoms with Crippen LogP contribution in [0.3, 0.4) is 0 Å². The van der Waals surface area contributed by atoms with Gasteiger partial charge in [-0.25, -0.2) is 4.79 Å². The van der Waals surface area contributed by atoms with Crippen LogP contribution in [0.25, 0.3) is 0 Å². The van der Waals surface area contributed by atoms with Crippen molar-refractivity contribution in [1.82, 2.24) is 0 Å². The highest BCUT2D eigenvalue weighted by Crippen LogP contribution is 2.16. The van der Waals surface area contributed by atoms with Crippen LogP contribution < -0.4 is 5.73 Å². The van der Waals surface area contributed by atoms with Crippen molar-refractivity contribution in [2.24, 2.45) is 0 Å². The molecule has 1 heterocycles. The van der Waals surface area contributed by atoms with Gasteiger partial charge in [-0.05, 0) is 35.9 Å². The monoisotopic (exact) mass is 280 g/mol. The molecule has 0 radical (unpaired) electrons. The summed E-state index contributed by atoms with van der Waals surface area (Å²) in [6.45, 7) is 0. The van der Waals surface area contributed by atoms with Crippen molar-refractivity contribution in [3.05, 3.63) is 65.2 Å². The van der Waals surface area contributed by atoms with Crippen molar-refractivity contribution in [2.45, 2.75) is 6.42 Å². The molecule has 2 aromatic carbocycles. The topological polar surface area (TPSA) is 93.2 Å². The molecule has 0 aromatic heterocycles. The van der Waals surface area contributed by atoms with E-state index in [-0.39, 0.29) is 6.42 Å². The number of carbonyl (C=O) groups excluding carboxylic acids is 2. The number of rotatable bonds is 0. The second-order valence-corrected chi connectivity index (χ2v) is 4.33. The highest BCUT2D eigenvalue weighted by atomic mass is 16.6. The fourth-order valence-corrected chi connectivity index (χ4v) is 1.78. The molecule has 0 unspecified atom stereocenters. The maximum Gasteiger partial charge on any atom is 0.346 e. The largest absolute Gasteiger partial charge is 0.399 e. The van der Waals surface area contributed by atoms with Gasteiger partial charge in [0.05, 0.1) is 23.6 Å². The third kappa shape index (κ3) is 3.67. The number of carbonyl (C=O) groups is 2. The Morgan fingerprint density at radius 3 is 2.38 bits per heavy atom. The molecular weight excluding hydrogens is 268 g/mol. The molecule has 0 atom stereocenters. The Balaban J connectivity index is 0.000000161. The quantitative estimate of drug-likeness (QED) is 0.453. The van der Waals surface area contributed by atoms with Gasteiger partial charge in [0.25, 0.3) is 0 Å². The smallest absolute Gasteiger partial charge is 0.346 e. The first-order valence-corrected chi connectivity index (χ1v) is 6.18. The Labute approximate surface area is 121 Å². The molecule has 5 nitrogen and oxygen atoms in total. The molecule has 0 fully saturated rings. The molecule has 2 N–H and O–H groups in total. The molecule has 5 heteroatoms. The average Bonchev–Trinajstić information content (AvgIpc) is 2.48. The van der Waals surface area contributed by atoms with Crippen LogP contribution in [0.15, 0.2) is 48.5 Å². The number of benzene rings is 2. The molecule has 0 bridgehead atoms. The van der Waals surface area contributed by atoms with Gasteiger partial charge in [-0.2, -0.15) is 5.26 Å². The maximum absolute atomic E-state index is 11.1. The second-order valence-electron chi connectivity index (χ2n) is 4.33. The van der Waals surface area contributed by atoms with Gasteiger partial charge in [0.1, 0.15) is 0 Å². The number of hydrogen-bond acceptors (Lipinski definition) is 5. The van der Waals surface area contributed by atoms with E-state index in [2.05, 4.69) is 4.74 Å². The molecule has 21 heavy (non-hydrogen) atoms. The van der Waals surface area contributed by atoms with Crippen LogP contribution in [-0.2, 0) is 16.0 Å². The maximum atomic E-state index is 11.1. The zero-order valence-electron chi connectivity index (χ0n) is 11.1. The summed E-state index contributed by atoms with van der Waals surface area (Å²) in [5, 5.41) is 8.34. The van der Waals surface area contributed by atoms with E-state index in [1.54, 1.807) is 48.5 Å². The van der Waals surface area contributed by atoms with Crippen LogP contribution in [-0.4, -0.2) is 11.9 Å². The number of cyclic esters (lactones) is 2. The van der Waals surface area contributed by atoms with E-state index in [1.165, 1.54) is 0 Å². The zero-order valence-corrected chi connectivity index (χ0v) is 11.1. The standard InChI is InChI=1S/C9H6O3.C7H6N2/c10-8-5-6-3-1-2-4-7(6)9(11)12-8;8-5-6-1-3-7(9)4-2-6/h1-4H,5H2;1-4H,9H2. The van der Waals surface area contributed by atoms with Gasteiger partial charge in [0, 0.05) is 5.69 Å². The molecule has 0 spiro atoms. The average molecular weight is 280 g/mol. The Hall–Kier alpha value is -3.13. The minimum absolute atomic E-state index is 0.196. The van der Waals surface area contributed by atoms with Crippen molar-refractivity contribution in [2.75, 3.05) is 5.73 Å². The molecule has 1 aliphatic rings. The number of nitrogens with zero attached hydrogens (tertiary/aromatic N) is 1. The predicted molar refractivity (Wildman–Crippen MR) is 76.1 cm³/mol. The molecular formula is C16H12N2O3. The SMILES string of the molecule is N#Cc1ccc(N)cc1.O=C1Cc2ccccc2C(=O)O1. The molecule has 3 rings (SSSR count). The molecule has 1 aliphatic heterocycles. The Morgan fingerprint density at radius 1 is 1.05 bits per heavy atom. The van der Waals surface area contributed by atoms with E-state index in [4.69, 9.17) is 11.0 Å². The molecule has 0 aliphatic carbocycles. The van der Waals surface area contributed by atoms with Crippen molar-refractivity contribution < 1.29 is 14.3 Å². The van der Waals surface area contributed by atoms with Gasteiger partial charge in [-0.3, -0.25) is 4.79 Å². The number of nitrogen functional groups attached to an aromatic ring is 1. The summed E-state index contributed by atoms with van der Waals surface area (Å²) < 4.78 is 4.43. The summed E-state index contributed by atoms with van der Waals surface area (Å²) in [4.78, 5) is 21.8. The Kier molecular flexibility index (Phi) is 4.32. The summed E-state index contributed by atoms with van der Waals surface area (Å²) >= 11 is 0. The van der Waals surface area contributed by atoms with E-state index in [9.17, 15) is 9.59 Å². The van der Waals surface area contributed by atoms with E-state index < -0.39 is 11.9 Å². The highest BCUT2D eigenvalue weighted by molar-refractivity contribution is 6.02.